The van der Waals surface area contributed by atoms with Crippen LogP contribution in [0.4, 0.5) is 0 Å². The average molecular weight is 442 g/mol. The van der Waals surface area contributed by atoms with Crippen molar-refractivity contribution >= 4 is 11.9 Å². The number of carboxylic acids is 1. The molecular weight excluding hydrogens is 410 g/mol. The van der Waals surface area contributed by atoms with Crippen molar-refractivity contribution in [3.63, 3.8) is 0 Å². The molecule has 0 atom stereocenters. The smallest absolute Gasteiger partial charge is 0.322 e. The second-order valence-electron chi connectivity index (χ2n) is 9.43. The van der Waals surface area contributed by atoms with Gasteiger partial charge in [-0.2, -0.15) is 5.10 Å². The van der Waals surface area contributed by atoms with Crippen LogP contribution in [-0.4, -0.2) is 38.4 Å². The van der Waals surface area contributed by atoms with E-state index in [4.69, 9.17) is 5.11 Å². The lowest BCUT2D eigenvalue weighted by molar-refractivity contribution is -0.135. The number of aliphatic carboxylic acids is 1. The number of aromatic nitrogens is 2. The number of carbonyl (C=O) groups excluding carboxylic acids is 1. The summed E-state index contributed by atoms with van der Waals surface area (Å²) < 4.78 is 1.20. The van der Waals surface area contributed by atoms with E-state index >= 15 is 0 Å². The Balaban J connectivity index is 2.02. The number of nitrogens with one attached hydrogen (secondary N) is 1. The molecule has 1 aliphatic carbocycles. The average Bonchev–Trinajstić information content (AvgIpc) is 2.74. The summed E-state index contributed by atoms with van der Waals surface area (Å²) >= 11 is 0. The molecule has 1 amide bonds. The largest absolute Gasteiger partial charge is 0.505 e. The SMILES string of the molecule is CC(C)(C)c1ccc(Cn2nc(C3CCCCC3)c(O)c(C(=O)NCC(=O)O)c2=O)cc1. The van der Waals surface area contributed by atoms with E-state index in [0.717, 1.165) is 43.2 Å². The molecule has 1 aliphatic rings. The van der Waals surface area contributed by atoms with E-state index in [1.165, 1.54) is 4.68 Å². The Morgan fingerprint density at radius 3 is 2.31 bits per heavy atom. The zero-order valence-corrected chi connectivity index (χ0v) is 18.9. The van der Waals surface area contributed by atoms with Crippen LogP contribution in [0.2, 0.25) is 0 Å². The second-order valence-corrected chi connectivity index (χ2v) is 9.43. The summed E-state index contributed by atoms with van der Waals surface area (Å²) in [6, 6.07) is 7.85. The fraction of sp³-hybridized carbons (Fsp3) is 0.500. The van der Waals surface area contributed by atoms with E-state index in [2.05, 4.69) is 31.2 Å². The van der Waals surface area contributed by atoms with Gasteiger partial charge in [-0.25, -0.2) is 4.68 Å². The molecule has 8 heteroatoms. The van der Waals surface area contributed by atoms with Gasteiger partial charge in [0.25, 0.3) is 11.5 Å². The lowest BCUT2D eigenvalue weighted by Gasteiger charge is -2.23. The fourth-order valence-electron chi connectivity index (χ4n) is 4.07. The van der Waals surface area contributed by atoms with Gasteiger partial charge in [0.1, 0.15) is 17.8 Å². The van der Waals surface area contributed by atoms with Crippen LogP contribution in [0, 0.1) is 0 Å². The summed E-state index contributed by atoms with van der Waals surface area (Å²) in [6.45, 7) is 5.85. The normalized spacial score (nSPS) is 14.8. The maximum Gasteiger partial charge on any atom is 0.322 e. The third-order valence-electron chi connectivity index (χ3n) is 5.93. The molecule has 0 bridgehead atoms. The molecule has 0 saturated heterocycles. The van der Waals surface area contributed by atoms with Crippen LogP contribution in [0.1, 0.15) is 86.0 Å². The molecule has 0 unspecified atom stereocenters. The molecule has 0 radical (unpaired) electrons. The van der Waals surface area contributed by atoms with E-state index in [1.54, 1.807) is 0 Å². The molecule has 1 heterocycles. The highest BCUT2D eigenvalue weighted by Gasteiger charge is 2.28. The lowest BCUT2D eigenvalue weighted by atomic mass is 9.86. The number of carboxylic acid groups (broad SMARTS) is 1. The zero-order chi connectivity index (χ0) is 23.5. The molecule has 3 N–H and O–H groups in total. The minimum absolute atomic E-state index is 0.00426. The third-order valence-corrected chi connectivity index (χ3v) is 5.93. The molecule has 1 aromatic carbocycles. The van der Waals surface area contributed by atoms with Crippen LogP contribution in [0.5, 0.6) is 5.75 Å². The molecule has 32 heavy (non-hydrogen) atoms. The van der Waals surface area contributed by atoms with Gasteiger partial charge in [-0.15, -0.1) is 0 Å². The monoisotopic (exact) mass is 441 g/mol. The van der Waals surface area contributed by atoms with Gasteiger partial charge in [0.15, 0.2) is 5.75 Å². The maximum atomic E-state index is 13.1. The Morgan fingerprint density at radius 2 is 1.75 bits per heavy atom. The van der Waals surface area contributed by atoms with E-state index in [0.29, 0.717) is 5.69 Å². The molecule has 1 saturated carbocycles. The van der Waals surface area contributed by atoms with Crippen molar-refractivity contribution in [2.45, 2.75) is 70.8 Å². The molecule has 3 rings (SSSR count). The van der Waals surface area contributed by atoms with Gasteiger partial charge in [0.2, 0.25) is 0 Å². The zero-order valence-electron chi connectivity index (χ0n) is 18.9. The summed E-state index contributed by atoms with van der Waals surface area (Å²) in [7, 11) is 0. The van der Waals surface area contributed by atoms with Crippen molar-refractivity contribution in [3.8, 4) is 5.75 Å². The first-order valence-corrected chi connectivity index (χ1v) is 11.0. The number of carbonyl (C=O) groups is 2. The number of hydrogen-bond acceptors (Lipinski definition) is 5. The van der Waals surface area contributed by atoms with Crippen LogP contribution in [0.25, 0.3) is 0 Å². The van der Waals surface area contributed by atoms with E-state index < -0.39 is 35.3 Å². The minimum atomic E-state index is -1.24. The summed E-state index contributed by atoms with van der Waals surface area (Å²) in [5, 5.41) is 26.3. The number of aromatic hydroxyl groups is 1. The van der Waals surface area contributed by atoms with Crippen molar-refractivity contribution in [1.29, 1.82) is 0 Å². The highest BCUT2D eigenvalue weighted by Crippen LogP contribution is 2.36. The molecular formula is C24H31N3O5. The van der Waals surface area contributed by atoms with Crippen LogP contribution >= 0.6 is 0 Å². The van der Waals surface area contributed by atoms with Crippen LogP contribution in [0.15, 0.2) is 29.1 Å². The van der Waals surface area contributed by atoms with Crippen LogP contribution in [0.3, 0.4) is 0 Å². The Hall–Kier alpha value is -3.16. The fourth-order valence-corrected chi connectivity index (χ4v) is 4.07. The van der Waals surface area contributed by atoms with Gasteiger partial charge < -0.3 is 15.5 Å². The molecule has 1 fully saturated rings. The van der Waals surface area contributed by atoms with E-state index in [-0.39, 0.29) is 17.9 Å². The quantitative estimate of drug-likeness (QED) is 0.633. The standard InChI is InChI=1S/C24H31N3O5/c1-24(2,3)17-11-9-15(10-12-17)14-27-23(32)19(22(31)25-13-18(28)29)21(30)20(26-27)16-7-5-4-6-8-16/h9-12,16,30H,4-8,13-14H2,1-3H3,(H,25,31)(H,28,29). The summed E-state index contributed by atoms with van der Waals surface area (Å²) in [4.78, 5) is 36.5. The van der Waals surface area contributed by atoms with Crippen molar-refractivity contribution in [1.82, 2.24) is 15.1 Å². The predicted octanol–water partition coefficient (Wildman–Crippen LogP) is 3.16. The number of hydrogen-bond donors (Lipinski definition) is 3. The third kappa shape index (κ3) is 5.36. The first-order chi connectivity index (χ1) is 15.1. The van der Waals surface area contributed by atoms with Gasteiger partial charge in [0, 0.05) is 5.92 Å². The molecule has 8 nitrogen and oxygen atoms in total. The van der Waals surface area contributed by atoms with Gasteiger partial charge >= 0.3 is 5.97 Å². The number of amides is 1. The number of rotatable bonds is 6. The predicted molar refractivity (Wildman–Crippen MR) is 120 cm³/mol. The van der Waals surface area contributed by atoms with Gasteiger partial charge in [-0.1, -0.05) is 64.3 Å². The van der Waals surface area contributed by atoms with Crippen LogP contribution < -0.4 is 10.9 Å². The summed E-state index contributed by atoms with van der Waals surface area (Å²) in [6.07, 6.45) is 4.70. The topological polar surface area (TPSA) is 122 Å². The van der Waals surface area contributed by atoms with Gasteiger partial charge in [0.05, 0.1) is 6.54 Å². The molecule has 0 aliphatic heterocycles. The Bertz CT molecular complexity index is 1050. The number of nitrogens with zero attached hydrogens (tertiary/aromatic N) is 2. The Morgan fingerprint density at radius 1 is 1.12 bits per heavy atom. The minimum Gasteiger partial charge on any atom is -0.505 e. The maximum absolute atomic E-state index is 13.1. The van der Waals surface area contributed by atoms with Gasteiger partial charge in [-0.3, -0.25) is 14.4 Å². The van der Waals surface area contributed by atoms with Crippen molar-refractivity contribution in [3.05, 3.63) is 57.0 Å². The molecule has 1 aromatic heterocycles. The van der Waals surface area contributed by atoms with Gasteiger partial charge in [-0.05, 0) is 29.4 Å². The number of benzene rings is 1. The molecule has 0 spiro atoms. The van der Waals surface area contributed by atoms with Crippen molar-refractivity contribution < 1.29 is 19.8 Å². The Labute approximate surface area is 187 Å². The summed E-state index contributed by atoms with van der Waals surface area (Å²) in [5.74, 6) is -2.64. The first kappa shape index (κ1) is 23.5. The first-order valence-electron chi connectivity index (χ1n) is 11.0. The highest BCUT2D eigenvalue weighted by atomic mass is 16.4. The van der Waals surface area contributed by atoms with Crippen LogP contribution in [-0.2, 0) is 16.8 Å². The summed E-state index contributed by atoms with van der Waals surface area (Å²) in [5.41, 5.74) is 1.12. The second kappa shape index (κ2) is 9.54. The van der Waals surface area contributed by atoms with Crippen molar-refractivity contribution in [2.24, 2.45) is 0 Å². The van der Waals surface area contributed by atoms with E-state index in [9.17, 15) is 19.5 Å². The Kier molecular flexibility index (Phi) is 7.01. The lowest BCUT2D eigenvalue weighted by Crippen LogP contribution is -2.37. The van der Waals surface area contributed by atoms with Crippen molar-refractivity contribution in [2.75, 3.05) is 6.54 Å². The molecule has 172 valence electrons. The van der Waals surface area contributed by atoms with E-state index in [1.807, 2.05) is 24.3 Å². The highest BCUT2D eigenvalue weighted by molar-refractivity contribution is 5.98. The molecule has 2 aromatic rings.